The maximum atomic E-state index is 4.06. The summed E-state index contributed by atoms with van der Waals surface area (Å²) >= 11 is 0. The van der Waals surface area contributed by atoms with Gasteiger partial charge in [-0.3, -0.25) is 0 Å². The topological polar surface area (TPSA) is 55.6 Å². The third-order valence-corrected chi connectivity index (χ3v) is 4.05. The number of benzene rings is 1. The molecule has 1 aliphatic rings. The predicted octanol–water partition coefficient (Wildman–Crippen LogP) is 2.87. The van der Waals surface area contributed by atoms with Gasteiger partial charge < -0.3 is 5.32 Å². The average molecular weight is 271 g/mol. The van der Waals surface area contributed by atoms with Gasteiger partial charge in [0.15, 0.2) is 5.82 Å². The van der Waals surface area contributed by atoms with E-state index in [2.05, 4.69) is 46.0 Å². The van der Waals surface area contributed by atoms with Crippen LogP contribution in [0.5, 0.6) is 0 Å². The molecule has 2 unspecified atom stereocenters. The number of nitrogens with one attached hydrogen (secondary N) is 1. The zero-order valence-electron chi connectivity index (χ0n) is 12.1. The Labute approximate surface area is 119 Å². The molecule has 5 heteroatoms. The Balaban J connectivity index is 1.76. The van der Waals surface area contributed by atoms with E-state index in [1.165, 1.54) is 25.7 Å². The van der Waals surface area contributed by atoms with Gasteiger partial charge in [-0.1, -0.05) is 31.9 Å². The SMILES string of the molecule is CC1CCCC(Nc2cccc(-c3nnnn3C)c2)C1. The van der Waals surface area contributed by atoms with Crippen LogP contribution < -0.4 is 5.32 Å². The van der Waals surface area contributed by atoms with Crippen LogP contribution in [0.1, 0.15) is 32.6 Å². The highest BCUT2D eigenvalue weighted by Crippen LogP contribution is 2.27. The van der Waals surface area contributed by atoms with Gasteiger partial charge in [0.1, 0.15) is 0 Å². The summed E-state index contributed by atoms with van der Waals surface area (Å²) in [6, 6.07) is 8.93. The van der Waals surface area contributed by atoms with Gasteiger partial charge in [-0.05, 0) is 41.3 Å². The van der Waals surface area contributed by atoms with Gasteiger partial charge in [-0.15, -0.1) is 5.10 Å². The van der Waals surface area contributed by atoms with E-state index in [0.717, 1.165) is 23.0 Å². The molecule has 0 bridgehead atoms. The van der Waals surface area contributed by atoms with Crippen molar-refractivity contribution in [1.82, 2.24) is 20.2 Å². The van der Waals surface area contributed by atoms with Gasteiger partial charge in [0.2, 0.25) is 0 Å². The Kier molecular flexibility index (Phi) is 3.67. The fourth-order valence-electron chi connectivity index (χ4n) is 3.02. The number of rotatable bonds is 3. The van der Waals surface area contributed by atoms with Crippen molar-refractivity contribution >= 4 is 5.69 Å². The van der Waals surface area contributed by atoms with Gasteiger partial charge in [-0.2, -0.15) is 0 Å². The van der Waals surface area contributed by atoms with Crippen LogP contribution in [0, 0.1) is 5.92 Å². The van der Waals surface area contributed by atoms with Crippen molar-refractivity contribution in [1.29, 1.82) is 0 Å². The first-order chi connectivity index (χ1) is 9.72. The normalized spacial score (nSPS) is 22.7. The molecule has 5 nitrogen and oxygen atoms in total. The number of aromatic nitrogens is 4. The number of tetrazole rings is 1. The summed E-state index contributed by atoms with van der Waals surface area (Å²) in [5, 5.41) is 15.3. The molecular formula is C15H21N5. The van der Waals surface area contributed by atoms with Gasteiger partial charge in [0, 0.05) is 24.3 Å². The molecule has 106 valence electrons. The standard InChI is InChI=1S/C15H21N5/c1-11-5-3-7-13(9-11)16-14-8-4-6-12(10-14)15-17-18-19-20(15)2/h4,6,8,10-11,13,16H,3,5,7,9H2,1-2H3. The van der Waals surface area contributed by atoms with Gasteiger partial charge in [0.05, 0.1) is 0 Å². The maximum absolute atomic E-state index is 4.06. The van der Waals surface area contributed by atoms with E-state index in [9.17, 15) is 0 Å². The molecule has 1 fully saturated rings. The maximum Gasteiger partial charge on any atom is 0.181 e. The van der Waals surface area contributed by atoms with E-state index in [1.54, 1.807) is 4.68 Å². The Morgan fingerprint density at radius 2 is 2.20 bits per heavy atom. The van der Waals surface area contributed by atoms with Crippen LogP contribution >= 0.6 is 0 Å². The first-order valence-electron chi connectivity index (χ1n) is 7.31. The van der Waals surface area contributed by atoms with Crippen LogP contribution in [0.4, 0.5) is 5.69 Å². The Hall–Kier alpha value is -1.91. The molecule has 1 saturated carbocycles. The largest absolute Gasteiger partial charge is 0.382 e. The Morgan fingerprint density at radius 1 is 1.30 bits per heavy atom. The molecule has 20 heavy (non-hydrogen) atoms. The first-order valence-corrected chi connectivity index (χ1v) is 7.31. The molecule has 2 atom stereocenters. The molecule has 0 aliphatic heterocycles. The Bertz CT molecular complexity index is 577. The van der Waals surface area contributed by atoms with Crippen molar-refractivity contribution in [3.8, 4) is 11.4 Å². The van der Waals surface area contributed by atoms with Crippen molar-refractivity contribution in [3.05, 3.63) is 24.3 Å². The van der Waals surface area contributed by atoms with Crippen LogP contribution in [-0.2, 0) is 7.05 Å². The minimum Gasteiger partial charge on any atom is -0.382 e. The molecule has 3 rings (SSSR count). The third-order valence-electron chi connectivity index (χ3n) is 4.05. The number of nitrogens with zero attached hydrogens (tertiary/aromatic N) is 4. The van der Waals surface area contributed by atoms with Crippen LogP contribution in [0.25, 0.3) is 11.4 Å². The summed E-state index contributed by atoms with van der Waals surface area (Å²) in [7, 11) is 1.86. The molecule has 0 spiro atoms. The highest BCUT2D eigenvalue weighted by molar-refractivity contribution is 5.62. The Morgan fingerprint density at radius 3 is 2.95 bits per heavy atom. The summed E-state index contributed by atoms with van der Waals surface area (Å²) in [5.41, 5.74) is 2.20. The summed E-state index contributed by atoms with van der Waals surface area (Å²) < 4.78 is 1.70. The lowest BCUT2D eigenvalue weighted by Gasteiger charge is -2.28. The molecule has 1 aromatic carbocycles. The van der Waals surface area contributed by atoms with Crippen LogP contribution in [0.3, 0.4) is 0 Å². The van der Waals surface area contributed by atoms with Crippen LogP contribution in [0.15, 0.2) is 24.3 Å². The van der Waals surface area contributed by atoms with Crippen LogP contribution in [-0.4, -0.2) is 26.2 Å². The van der Waals surface area contributed by atoms with E-state index in [-0.39, 0.29) is 0 Å². The quantitative estimate of drug-likeness (QED) is 0.932. The summed E-state index contributed by atoms with van der Waals surface area (Å²) in [4.78, 5) is 0. The molecule has 0 saturated heterocycles. The second kappa shape index (κ2) is 5.61. The van der Waals surface area contributed by atoms with Crippen molar-refractivity contribution in [3.63, 3.8) is 0 Å². The molecule has 0 radical (unpaired) electrons. The molecule has 1 aliphatic carbocycles. The highest BCUT2D eigenvalue weighted by atomic mass is 15.5. The van der Waals surface area contributed by atoms with Gasteiger partial charge in [-0.25, -0.2) is 4.68 Å². The molecule has 1 aromatic heterocycles. The summed E-state index contributed by atoms with van der Waals surface area (Å²) in [6.07, 6.45) is 5.21. The minimum atomic E-state index is 0.589. The van der Waals surface area contributed by atoms with Crippen molar-refractivity contribution in [2.45, 2.75) is 38.6 Å². The average Bonchev–Trinajstić information content (AvgIpc) is 2.85. The monoisotopic (exact) mass is 271 g/mol. The molecular weight excluding hydrogens is 250 g/mol. The fraction of sp³-hybridized carbons (Fsp3) is 0.533. The van der Waals surface area contributed by atoms with Crippen molar-refractivity contribution < 1.29 is 0 Å². The number of hydrogen-bond donors (Lipinski definition) is 1. The lowest BCUT2D eigenvalue weighted by atomic mass is 9.87. The van der Waals surface area contributed by atoms with Gasteiger partial charge in [0.25, 0.3) is 0 Å². The zero-order chi connectivity index (χ0) is 13.9. The van der Waals surface area contributed by atoms with Crippen molar-refractivity contribution in [2.24, 2.45) is 13.0 Å². The first kappa shape index (κ1) is 13.1. The zero-order valence-corrected chi connectivity index (χ0v) is 12.1. The van der Waals surface area contributed by atoms with Gasteiger partial charge >= 0.3 is 0 Å². The highest BCUT2D eigenvalue weighted by Gasteiger charge is 2.18. The summed E-state index contributed by atoms with van der Waals surface area (Å²) in [5.74, 6) is 1.62. The number of aryl methyl sites for hydroxylation is 1. The predicted molar refractivity (Wildman–Crippen MR) is 79.3 cm³/mol. The van der Waals surface area contributed by atoms with Crippen LogP contribution in [0.2, 0.25) is 0 Å². The molecule has 1 heterocycles. The van der Waals surface area contributed by atoms with E-state index >= 15 is 0 Å². The van der Waals surface area contributed by atoms with Crippen molar-refractivity contribution in [2.75, 3.05) is 5.32 Å². The third kappa shape index (κ3) is 2.81. The van der Waals surface area contributed by atoms with E-state index < -0.39 is 0 Å². The molecule has 0 amide bonds. The second-order valence-electron chi connectivity index (χ2n) is 5.82. The number of hydrogen-bond acceptors (Lipinski definition) is 4. The fourth-order valence-corrected chi connectivity index (χ4v) is 3.02. The number of anilines is 1. The molecule has 1 N–H and O–H groups in total. The molecule has 2 aromatic rings. The van der Waals surface area contributed by atoms with E-state index in [1.807, 2.05) is 13.1 Å². The lowest BCUT2D eigenvalue weighted by Crippen LogP contribution is -2.26. The smallest absolute Gasteiger partial charge is 0.181 e. The second-order valence-corrected chi connectivity index (χ2v) is 5.82. The van der Waals surface area contributed by atoms with E-state index in [4.69, 9.17) is 0 Å². The minimum absolute atomic E-state index is 0.589. The summed E-state index contributed by atoms with van der Waals surface area (Å²) in [6.45, 7) is 2.34. The lowest BCUT2D eigenvalue weighted by molar-refractivity contribution is 0.358. The van der Waals surface area contributed by atoms with E-state index in [0.29, 0.717) is 6.04 Å².